The highest BCUT2D eigenvalue weighted by atomic mass is 17.1. The van der Waals surface area contributed by atoms with Crippen LogP contribution in [0.5, 0.6) is 0 Å². The van der Waals surface area contributed by atoms with Crippen LogP contribution in [0.2, 0.25) is 0 Å². The average molecular weight is 332 g/mol. The number of carbonyl (C=O) groups excluding carboxylic acids is 1. The first-order valence-corrected chi connectivity index (χ1v) is 8.93. The molecule has 0 aromatic carbocycles. The lowest BCUT2D eigenvalue weighted by Crippen LogP contribution is -2.45. The molecule has 0 aliphatic heterocycles. The molecule has 0 saturated heterocycles. The van der Waals surface area contributed by atoms with Gasteiger partial charge in [0.2, 0.25) is 0 Å². The highest BCUT2D eigenvalue weighted by Crippen LogP contribution is 2.29. The number of esters is 1. The molecule has 5 heteroatoms. The van der Waals surface area contributed by atoms with E-state index < -0.39 is 17.2 Å². The zero-order valence-electron chi connectivity index (χ0n) is 15.6. The molecule has 0 aromatic rings. The van der Waals surface area contributed by atoms with Crippen molar-refractivity contribution in [2.75, 3.05) is 6.61 Å². The average Bonchev–Trinajstić information content (AvgIpc) is 2.48. The molecule has 2 atom stereocenters. The number of aliphatic hydroxyl groups is 1. The number of aliphatic hydroxyl groups excluding tert-OH is 1. The molecule has 0 heterocycles. The number of unbranched alkanes of at least 4 members (excludes halogenated alkanes) is 1. The van der Waals surface area contributed by atoms with E-state index in [1.165, 1.54) is 0 Å². The molecule has 0 spiro atoms. The molecule has 0 saturated carbocycles. The second kappa shape index (κ2) is 11.0. The van der Waals surface area contributed by atoms with Crippen molar-refractivity contribution in [3.8, 4) is 0 Å². The van der Waals surface area contributed by atoms with Gasteiger partial charge in [-0.2, -0.15) is 0 Å². The Bertz CT molecular complexity index is 323. The molecule has 0 amide bonds. The fourth-order valence-electron chi connectivity index (χ4n) is 2.67. The van der Waals surface area contributed by atoms with Gasteiger partial charge in [0.1, 0.15) is 5.60 Å². The van der Waals surface area contributed by atoms with Gasteiger partial charge in [0.25, 0.3) is 0 Å². The van der Waals surface area contributed by atoms with Gasteiger partial charge in [0.05, 0.1) is 0 Å². The second-order valence-corrected chi connectivity index (χ2v) is 7.20. The van der Waals surface area contributed by atoms with Crippen molar-refractivity contribution in [2.24, 2.45) is 5.92 Å². The molecule has 2 N–H and O–H groups in total. The minimum atomic E-state index is -1.25. The molecule has 0 radical (unpaired) electrons. The Morgan fingerprint density at radius 1 is 1.13 bits per heavy atom. The minimum absolute atomic E-state index is 0.212. The van der Waals surface area contributed by atoms with Crippen LogP contribution >= 0.6 is 0 Å². The fraction of sp³-hybridized carbons (Fsp3) is 0.944. The van der Waals surface area contributed by atoms with E-state index in [-0.39, 0.29) is 6.61 Å². The van der Waals surface area contributed by atoms with Crippen LogP contribution in [0.15, 0.2) is 0 Å². The summed E-state index contributed by atoms with van der Waals surface area (Å²) < 4.78 is 5.65. The Morgan fingerprint density at radius 3 is 2.26 bits per heavy atom. The van der Waals surface area contributed by atoms with Gasteiger partial charge in [-0.3, -0.25) is 5.26 Å². The van der Waals surface area contributed by atoms with Gasteiger partial charge in [0, 0.05) is 6.61 Å². The molecule has 0 aliphatic carbocycles. The summed E-state index contributed by atoms with van der Waals surface area (Å²) in [6, 6.07) is 0. The van der Waals surface area contributed by atoms with Crippen LogP contribution in [-0.4, -0.2) is 34.1 Å². The van der Waals surface area contributed by atoms with Crippen molar-refractivity contribution in [1.29, 1.82) is 0 Å². The van der Waals surface area contributed by atoms with Gasteiger partial charge in [0.15, 0.2) is 5.60 Å². The van der Waals surface area contributed by atoms with E-state index in [1.807, 2.05) is 27.7 Å². The number of ether oxygens (including phenoxy) is 1. The van der Waals surface area contributed by atoms with Crippen molar-refractivity contribution in [3.05, 3.63) is 0 Å². The number of hydrogen-bond acceptors (Lipinski definition) is 5. The highest BCUT2D eigenvalue weighted by molar-refractivity contribution is 5.79. The molecular formula is C18H36O5. The SMILES string of the molecule is CCCCC(CC)(OO)C(=O)OC(C)(C)CCCC(C)CCO. The van der Waals surface area contributed by atoms with E-state index in [0.29, 0.717) is 18.8 Å². The summed E-state index contributed by atoms with van der Waals surface area (Å²) in [6.07, 6.45) is 6.02. The smallest absolute Gasteiger partial charge is 0.342 e. The quantitative estimate of drug-likeness (QED) is 0.298. The molecule has 138 valence electrons. The number of hydrogen-bond donors (Lipinski definition) is 2. The van der Waals surface area contributed by atoms with Crippen molar-refractivity contribution in [3.63, 3.8) is 0 Å². The highest BCUT2D eigenvalue weighted by Gasteiger charge is 2.42. The fourth-order valence-corrected chi connectivity index (χ4v) is 2.67. The van der Waals surface area contributed by atoms with E-state index in [1.54, 1.807) is 0 Å². The monoisotopic (exact) mass is 332 g/mol. The Morgan fingerprint density at radius 2 is 1.78 bits per heavy atom. The minimum Gasteiger partial charge on any atom is -0.457 e. The summed E-state index contributed by atoms with van der Waals surface area (Å²) in [5.74, 6) is -0.0177. The largest absolute Gasteiger partial charge is 0.457 e. The molecule has 0 rings (SSSR count). The molecule has 5 nitrogen and oxygen atoms in total. The first kappa shape index (κ1) is 22.4. The van der Waals surface area contributed by atoms with E-state index in [2.05, 4.69) is 11.8 Å². The summed E-state index contributed by atoms with van der Waals surface area (Å²) in [4.78, 5) is 17.1. The zero-order chi connectivity index (χ0) is 17.9. The standard InChI is InChI=1S/C18H36O5/c1-6-8-13-18(7-2,23-21)16(20)22-17(4,5)12-9-10-15(3)11-14-19/h15,19,21H,6-14H2,1-5H3. The molecule has 0 aliphatic rings. The topological polar surface area (TPSA) is 76.0 Å². The van der Waals surface area contributed by atoms with Gasteiger partial charge >= 0.3 is 5.97 Å². The molecule has 2 unspecified atom stereocenters. The Kier molecular flexibility index (Phi) is 10.7. The van der Waals surface area contributed by atoms with Crippen LogP contribution in [0.3, 0.4) is 0 Å². The van der Waals surface area contributed by atoms with Gasteiger partial charge in [-0.05, 0) is 51.9 Å². The van der Waals surface area contributed by atoms with Crippen LogP contribution < -0.4 is 0 Å². The van der Waals surface area contributed by atoms with E-state index in [0.717, 1.165) is 38.5 Å². The van der Waals surface area contributed by atoms with Crippen molar-refractivity contribution in [2.45, 2.75) is 97.2 Å². The maximum Gasteiger partial charge on any atom is 0.342 e. The van der Waals surface area contributed by atoms with Crippen LogP contribution in [0.25, 0.3) is 0 Å². The summed E-state index contributed by atoms with van der Waals surface area (Å²) in [5, 5.41) is 18.2. The van der Waals surface area contributed by atoms with Gasteiger partial charge < -0.3 is 9.84 Å². The van der Waals surface area contributed by atoms with Gasteiger partial charge in [-0.25, -0.2) is 9.68 Å². The molecule has 0 bridgehead atoms. The van der Waals surface area contributed by atoms with Gasteiger partial charge in [-0.1, -0.05) is 40.0 Å². The number of carbonyl (C=O) groups is 1. The Labute approximate surface area is 141 Å². The predicted molar refractivity (Wildman–Crippen MR) is 91.1 cm³/mol. The maximum absolute atomic E-state index is 12.5. The molecule has 0 fully saturated rings. The van der Waals surface area contributed by atoms with Crippen molar-refractivity contribution in [1.82, 2.24) is 0 Å². The molecule has 0 aromatic heterocycles. The van der Waals surface area contributed by atoms with E-state index >= 15 is 0 Å². The third-order valence-electron chi connectivity index (χ3n) is 4.52. The van der Waals surface area contributed by atoms with Crippen LogP contribution in [-0.2, 0) is 14.4 Å². The zero-order valence-corrected chi connectivity index (χ0v) is 15.6. The van der Waals surface area contributed by atoms with Crippen molar-refractivity contribution >= 4 is 5.97 Å². The molecule has 23 heavy (non-hydrogen) atoms. The summed E-state index contributed by atoms with van der Waals surface area (Å²) in [6.45, 7) is 9.95. The molecular weight excluding hydrogens is 296 g/mol. The lowest BCUT2D eigenvalue weighted by Gasteiger charge is -2.33. The van der Waals surface area contributed by atoms with E-state index in [4.69, 9.17) is 9.84 Å². The summed E-state index contributed by atoms with van der Waals surface area (Å²) >= 11 is 0. The number of rotatable bonds is 13. The Balaban J connectivity index is 4.57. The van der Waals surface area contributed by atoms with Crippen LogP contribution in [0.1, 0.15) is 86.0 Å². The lowest BCUT2D eigenvalue weighted by atomic mass is 9.92. The van der Waals surface area contributed by atoms with Crippen molar-refractivity contribution < 1.29 is 24.8 Å². The summed E-state index contributed by atoms with van der Waals surface area (Å²) in [5.41, 5.74) is -1.85. The first-order chi connectivity index (χ1) is 10.8. The summed E-state index contributed by atoms with van der Waals surface area (Å²) in [7, 11) is 0. The second-order valence-electron chi connectivity index (χ2n) is 7.20. The maximum atomic E-state index is 12.5. The third-order valence-corrected chi connectivity index (χ3v) is 4.52. The van der Waals surface area contributed by atoms with Gasteiger partial charge in [-0.15, -0.1) is 0 Å². The first-order valence-electron chi connectivity index (χ1n) is 8.93. The normalized spacial score (nSPS) is 16.0. The van der Waals surface area contributed by atoms with Crippen LogP contribution in [0.4, 0.5) is 0 Å². The van der Waals surface area contributed by atoms with E-state index in [9.17, 15) is 10.1 Å². The van der Waals surface area contributed by atoms with Crippen LogP contribution in [0, 0.1) is 5.92 Å². The Hall–Kier alpha value is -0.650. The lowest BCUT2D eigenvalue weighted by molar-refractivity contribution is -0.323. The predicted octanol–water partition coefficient (Wildman–Crippen LogP) is 4.33. The third kappa shape index (κ3) is 8.13.